The SMILES string of the molecule is CCC(=O)CCCCC[C@H](NC(=O)Cc1c(C)[nH]c2ccc(OC)cc12)c1ncc(-c2ccccc2C(=O)OC(=O)C(F)(F)F)[nH]1. The third-order valence-corrected chi connectivity index (χ3v) is 7.62. The standard InChI is InChI=1S/C33H35F3N4O6/c1-4-20(41)10-6-5-7-13-27(39-29(42)17-24-19(2)38-26-15-14-21(45-3)16-25(24)26)30-37-18-28(40-30)22-11-8-9-12-23(22)31(43)46-32(44)33(34,35)36/h8-9,11-12,14-16,18,27,38H,4-7,10,13,17H2,1-3H3,(H,37,40)(H,39,42)/t27-/m0/s1. The highest BCUT2D eigenvalue weighted by Gasteiger charge is 2.42. The summed E-state index contributed by atoms with van der Waals surface area (Å²) in [6.45, 7) is 3.70. The molecule has 244 valence electrons. The van der Waals surface area contributed by atoms with Crippen LogP contribution in [0.15, 0.2) is 48.7 Å². The number of aryl methyl sites for hydroxylation is 1. The third kappa shape index (κ3) is 8.40. The van der Waals surface area contributed by atoms with Crippen molar-refractivity contribution in [3.63, 3.8) is 0 Å². The van der Waals surface area contributed by atoms with E-state index in [2.05, 4.69) is 25.0 Å². The van der Waals surface area contributed by atoms with Crippen LogP contribution in [0.2, 0.25) is 0 Å². The molecule has 0 aliphatic carbocycles. The fraction of sp³-hybridized carbons (Fsp3) is 0.364. The fourth-order valence-electron chi connectivity index (χ4n) is 5.17. The average molecular weight is 641 g/mol. The van der Waals surface area contributed by atoms with Crippen molar-refractivity contribution in [2.75, 3.05) is 7.11 Å². The fourth-order valence-corrected chi connectivity index (χ4v) is 5.17. The number of ether oxygens (including phenoxy) is 2. The first-order chi connectivity index (χ1) is 21.9. The lowest BCUT2D eigenvalue weighted by Gasteiger charge is -2.17. The number of benzene rings is 2. The molecular weight excluding hydrogens is 605 g/mol. The lowest BCUT2D eigenvalue weighted by molar-refractivity contribution is -0.193. The lowest BCUT2D eigenvalue weighted by atomic mass is 10.0. The maximum Gasteiger partial charge on any atom is 0.491 e. The number of fused-ring (bicyclic) bond motifs is 1. The molecule has 13 heteroatoms. The van der Waals surface area contributed by atoms with E-state index < -0.39 is 24.2 Å². The number of hydrogen-bond donors (Lipinski definition) is 3. The van der Waals surface area contributed by atoms with Gasteiger partial charge in [0.25, 0.3) is 0 Å². The van der Waals surface area contributed by atoms with Crippen LogP contribution in [-0.2, 0) is 25.5 Å². The quantitative estimate of drug-likeness (QED) is 0.0817. The molecule has 4 rings (SSSR count). The van der Waals surface area contributed by atoms with E-state index in [1.807, 2.05) is 32.0 Å². The molecule has 4 aromatic rings. The van der Waals surface area contributed by atoms with Crippen LogP contribution in [0.3, 0.4) is 0 Å². The topological polar surface area (TPSA) is 143 Å². The van der Waals surface area contributed by atoms with Gasteiger partial charge in [0.05, 0.1) is 37.0 Å². The number of Topliss-reactive ketones (excluding diaryl/α,β-unsaturated/α-hetero) is 1. The molecule has 0 bridgehead atoms. The highest BCUT2D eigenvalue weighted by Crippen LogP contribution is 2.29. The summed E-state index contributed by atoms with van der Waals surface area (Å²) in [5.41, 5.74) is 2.67. The number of nitrogens with one attached hydrogen (secondary N) is 3. The molecule has 0 saturated heterocycles. The first-order valence-corrected chi connectivity index (χ1v) is 14.8. The Bertz CT molecular complexity index is 1730. The highest BCUT2D eigenvalue weighted by atomic mass is 19.4. The number of halogens is 3. The van der Waals surface area contributed by atoms with Gasteiger partial charge in [-0.2, -0.15) is 13.2 Å². The van der Waals surface area contributed by atoms with Gasteiger partial charge in [-0.15, -0.1) is 0 Å². The van der Waals surface area contributed by atoms with Crippen LogP contribution in [0, 0.1) is 6.92 Å². The van der Waals surface area contributed by atoms with Gasteiger partial charge in [0.2, 0.25) is 5.91 Å². The van der Waals surface area contributed by atoms with Crippen molar-refractivity contribution in [3.8, 4) is 17.0 Å². The molecule has 10 nitrogen and oxygen atoms in total. The Labute approximate surface area is 263 Å². The van der Waals surface area contributed by atoms with Crippen molar-refractivity contribution in [1.82, 2.24) is 20.3 Å². The first-order valence-electron chi connectivity index (χ1n) is 14.8. The second-order valence-electron chi connectivity index (χ2n) is 10.8. The van der Waals surface area contributed by atoms with E-state index in [0.717, 1.165) is 28.6 Å². The van der Waals surface area contributed by atoms with E-state index in [-0.39, 0.29) is 34.9 Å². The summed E-state index contributed by atoms with van der Waals surface area (Å²) in [7, 11) is 1.57. The molecule has 2 heterocycles. The summed E-state index contributed by atoms with van der Waals surface area (Å²) in [6.07, 6.45) is -0.324. The van der Waals surface area contributed by atoms with Gasteiger partial charge in [-0.05, 0) is 49.6 Å². The zero-order valence-electron chi connectivity index (χ0n) is 25.7. The number of imidazole rings is 1. The Morgan fingerprint density at radius 1 is 1.02 bits per heavy atom. The zero-order valence-corrected chi connectivity index (χ0v) is 25.7. The predicted molar refractivity (Wildman–Crippen MR) is 163 cm³/mol. The van der Waals surface area contributed by atoms with Crippen LogP contribution in [-0.4, -0.2) is 51.9 Å². The number of methoxy groups -OCH3 is 1. The maximum absolute atomic E-state index is 13.4. The third-order valence-electron chi connectivity index (χ3n) is 7.62. The molecule has 0 saturated carbocycles. The zero-order chi connectivity index (χ0) is 33.4. The molecular formula is C33H35F3N4O6. The number of nitrogens with zero attached hydrogens (tertiary/aromatic N) is 1. The molecule has 0 fully saturated rings. The van der Waals surface area contributed by atoms with Gasteiger partial charge in [0, 0.05) is 35.0 Å². The summed E-state index contributed by atoms with van der Waals surface area (Å²) in [6, 6.07) is 10.7. The van der Waals surface area contributed by atoms with Gasteiger partial charge in [0.1, 0.15) is 17.4 Å². The van der Waals surface area contributed by atoms with Gasteiger partial charge >= 0.3 is 18.1 Å². The lowest BCUT2D eigenvalue weighted by Crippen LogP contribution is -2.30. The number of amides is 1. The molecule has 0 radical (unpaired) electrons. The number of esters is 2. The van der Waals surface area contributed by atoms with Crippen molar-refractivity contribution in [3.05, 3.63) is 71.3 Å². The maximum atomic E-state index is 13.4. The number of carbonyl (C=O) groups excluding carboxylic acids is 4. The molecule has 1 atom stereocenters. The summed E-state index contributed by atoms with van der Waals surface area (Å²) in [4.78, 5) is 59.7. The van der Waals surface area contributed by atoms with Crippen LogP contribution in [0.5, 0.6) is 5.75 Å². The largest absolute Gasteiger partial charge is 0.497 e. The number of carbonyl (C=O) groups is 4. The normalized spacial score (nSPS) is 12.1. The minimum Gasteiger partial charge on any atom is -0.497 e. The Kier molecular flexibility index (Phi) is 11.0. The molecule has 0 unspecified atom stereocenters. The number of aromatic amines is 2. The highest BCUT2D eigenvalue weighted by molar-refractivity contribution is 6.02. The van der Waals surface area contributed by atoms with Crippen molar-refractivity contribution in [1.29, 1.82) is 0 Å². The van der Waals surface area contributed by atoms with Crippen LogP contribution in [0.1, 0.15) is 78.9 Å². The molecule has 3 N–H and O–H groups in total. The number of rotatable bonds is 14. The molecule has 0 spiro atoms. The van der Waals surface area contributed by atoms with Gasteiger partial charge < -0.3 is 24.8 Å². The molecule has 46 heavy (non-hydrogen) atoms. The van der Waals surface area contributed by atoms with Crippen LogP contribution >= 0.6 is 0 Å². The van der Waals surface area contributed by atoms with Crippen LogP contribution in [0.25, 0.3) is 22.2 Å². The van der Waals surface area contributed by atoms with Crippen LogP contribution in [0.4, 0.5) is 13.2 Å². The molecule has 2 aromatic heterocycles. The Morgan fingerprint density at radius 3 is 2.50 bits per heavy atom. The predicted octanol–water partition coefficient (Wildman–Crippen LogP) is 6.45. The Hall–Kier alpha value is -4.94. The van der Waals surface area contributed by atoms with E-state index >= 15 is 0 Å². The number of alkyl halides is 3. The first kappa shape index (κ1) is 33.9. The monoisotopic (exact) mass is 640 g/mol. The summed E-state index contributed by atoms with van der Waals surface area (Å²) in [5, 5.41) is 3.90. The van der Waals surface area contributed by atoms with E-state index in [0.29, 0.717) is 43.7 Å². The van der Waals surface area contributed by atoms with Crippen molar-refractivity contribution in [2.45, 2.75) is 71.0 Å². The van der Waals surface area contributed by atoms with E-state index in [4.69, 9.17) is 4.74 Å². The van der Waals surface area contributed by atoms with E-state index in [9.17, 15) is 32.3 Å². The smallest absolute Gasteiger partial charge is 0.491 e. The van der Waals surface area contributed by atoms with E-state index in [1.54, 1.807) is 13.2 Å². The summed E-state index contributed by atoms with van der Waals surface area (Å²) < 4.78 is 47.5. The minimum atomic E-state index is -5.34. The molecule has 1 amide bonds. The van der Waals surface area contributed by atoms with Crippen molar-refractivity contribution >= 4 is 34.5 Å². The van der Waals surface area contributed by atoms with Gasteiger partial charge in [-0.25, -0.2) is 14.6 Å². The second kappa shape index (κ2) is 14.9. The van der Waals surface area contributed by atoms with E-state index in [1.165, 1.54) is 24.4 Å². The van der Waals surface area contributed by atoms with Gasteiger partial charge in [0.15, 0.2) is 0 Å². The van der Waals surface area contributed by atoms with Gasteiger partial charge in [-0.1, -0.05) is 38.0 Å². The van der Waals surface area contributed by atoms with Crippen molar-refractivity contribution in [2.24, 2.45) is 0 Å². The second-order valence-corrected chi connectivity index (χ2v) is 10.8. The minimum absolute atomic E-state index is 0.0655. The van der Waals surface area contributed by atoms with Gasteiger partial charge in [-0.3, -0.25) is 9.59 Å². The van der Waals surface area contributed by atoms with Crippen LogP contribution < -0.4 is 10.1 Å². The Morgan fingerprint density at radius 2 is 1.78 bits per heavy atom. The molecule has 0 aliphatic heterocycles. The number of ketones is 1. The summed E-state index contributed by atoms with van der Waals surface area (Å²) >= 11 is 0. The number of hydrogen-bond acceptors (Lipinski definition) is 7. The molecule has 0 aliphatic rings. The number of unbranched alkanes of at least 4 members (excludes halogenated alkanes) is 2. The summed E-state index contributed by atoms with van der Waals surface area (Å²) in [5.74, 6) is -3.16. The number of aromatic nitrogens is 3. The van der Waals surface area contributed by atoms with Crippen molar-refractivity contribution < 1.29 is 41.8 Å². The average Bonchev–Trinajstić information content (AvgIpc) is 3.64. The molecule has 2 aromatic carbocycles. The Balaban J connectivity index is 1.56. The number of H-pyrrole nitrogens is 2.